The highest BCUT2D eigenvalue weighted by Gasteiger charge is 2.34. The lowest BCUT2D eigenvalue weighted by Crippen LogP contribution is -2.35. The number of aromatic nitrogens is 3. The monoisotopic (exact) mass is 250 g/mol. The largest absolute Gasteiger partial charge is 0.481 e. The van der Waals surface area contributed by atoms with E-state index in [0.717, 1.165) is 0 Å². The average molecular weight is 250 g/mol. The van der Waals surface area contributed by atoms with Gasteiger partial charge in [0.2, 0.25) is 11.9 Å². The van der Waals surface area contributed by atoms with Crippen LogP contribution in [0.3, 0.4) is 0 Å². The molecule has 0 saturated carbocycles. The van der Waals surface area contributed by atoms with E-state index < -0.39 is 17.8 Å². The fourth-order valence-corrected chi connectivity index (χ4v) is 1.99. The summed E-state index contributed by atoms with van der Waals surface area (Å²) in [6, 6.07) is 0. The van der Waals surface area contributed by atoms with Gasteiger partial charge in [0.25, 0.3) is 0 Å². The highest BCUT2D eigenvalue weighted by Crippen LogP contribution is 2.26. The molecular weight excluding hydrogens is 236 g/mol. The Morgan fingerprint density at radius 1 is 1.39 bits per heavy atom. The number of aryl methyl sites for hydroxylation is 1. The van der Waals surface area contributed by atoms with Crippen molar-refractivity contribution in [1.29, 1.82) is 0 Å². The summed E-state index contributed by atoms with van der Waals surface area (Å²) < 4.78 is 1.42. The quantitative estimate of drug-likeness (QED) is 0.758. The molecule has 0 bridgehead atoms. The van der Waals surface area contributed by atoms with Crippen LogP contribution in [0.5, 0.6) is 0 Å². The molecule has 1 aromatic heterocycles. The van der Waals surface area contributed by atoms with Crippen LogP contribution in [0, 0.1) is 11.8 Å². The van der Waals surface area contributed by atoms with Crippen LogP contribution in [0.25, 0.3) is 0 Å². The summed E-state index contributed by atoms with van der Waals surface area (Å²) in [5.41, 5.74) is 0. The van der Waals surface area contributed by atoms with Crippen molar-refractivity contribution in [1.82, 2.24) is 14.8 Å². The Morgan fingerprint density at radius 2 is 2.06 bits per heavy atom. The Balaban J connectivity index is 2.10. The molecule has 1 heterocycles. The highest BCUT2D eigenvalue weighted by atomic mass is 16.4. The van der Waals surface area contributed by atoms with E-state index in [-0.39, 0.29) is 5.91 Å². The van der Waals surface area contributed by atoms with Crippen LogP contribution in [-0.2, 0) is 16.6 Å². The minimum absolute atomic E-state index is 0.318. The number of carboxylic acids is 1. The maximum Gasteiger partial charge on any atom is 0.307 e. The van der Waals surface area contributed by atoms with Gasteiger partial charge in [-0.2, -0.15) is 10.1 Å². The Labute approximate surface area is 104 Å². The second-order valence-corrected chi connectivity index (χ2v) is 4.19. The molecule has 2 atom stereocenters. The summed E-state index contributed by atoms with van der Waals surface area (Å²) in [4.78, 5) is 27.0. The maximum atomic E-state index is 12.0. The van der Waals surface area contributed by atoms with Gasteiger partial charge < -0.3 is 5.11 Å². The van der Waals surface area contributed by atoms with E-state index in [0.29, 0.717) is 18.8 Å². The van der Waals surface area contributed by atoms with Crippen molar-refractivity contribution in [2.75, 3.05) is 5.32 Å². The molecule has 1 aliphatic carbocycles. The van der Waals surface area contributed by atoms with Crippen molar-refractivity contribution >= 4 is 17.8 Å². The normalized spacial score (nSPS) is 22.7. The highest BCUT2D eigenvalue weighted by molar-refractivity contribution is 5.94. The molecule has 96 valence electrons. The topological polar surface area (TPSA) is 97.1 Å². The maximum absolute atomic E-state index is 12.0. The van der Waals surface area contributed by atoms with Crippen molar-refractivity contribution in [3.63, 3.8) is 0 Å². The summed E-state index contributed by atoms with van der Waals surface area (Å²) >= 11 is 0. The average Bonchev–Trinajstić information content (AvgIpc) is 2.75. The smallest absolute Gasteiger partial charge is 0.307 e. The number of carboxylic acid groups (broad SMARTS) is 1. The molecule has 0 fully saturated rings. The zero-order valence-electron chi connectivity index (χ0n) is 9.91. The standard InChI is InChI=1S/C11H14N4O3/c1-15-11(12-6-13-15)14-9(16)7-4-2-3-5-8(7)10(17)18/h2-3,6-8H,4-5H2,1H3,(H,17,18)(H,12,13,14,16)/t7-,8+/m1/s1. The van der Waals surface area contributed by atoms with Gasteiger partial charge in [-0.3, -0.25) is 14.9 Å². The molecule has 0 aliphatic heterocycles. The molecular formula is C11H14N4O3. The van der Waals surface area contributed by atoms with Gasteiger partial charge in [0, 0.05) is 7.05 Å². The lowest BCUT2D eigenvalue weighted by molar-refractivity contribution is -0.146. The molecule has 0 aromatic carbocycles. The van der Waals surface area contributed by atoms with Crippen LogP contribution in [0.1, 0.15) is 12.8 Å². The number of rotatable bonds is 3. The number of nitrogens with zero attached hydrogens (tertiary/aromatic N) is 3. The minimum atomic E-state index is -0.947. The summed E-state index contributed by atoms with van der Waals surface area (Å²) in [7, 11) is 1.65. The third-order valence-electron chi connectivity index (χ3n) is 3.03. The fourth-order valence-electron chi connectivity index (χ4n) is 1.99. The van der Waals surface area contributed by atoms with E-state index in [1.165, 1.54) is 11.0 Å². The fraction of sp³-hybridized carbons (Fsp3) is 0.455. The number of allylic oxidation sites excluding steroid dienone is 2. The summed E-state index contributed by atoms with van der Waals surface area (Å²) in [6.45, 7) is 0. The van der Waals surface area contributed by atoms with E-state index >= 15 is 0 Å². The molecule has 7 heteroatoms. The number of anilines is 1. The van der Waals surface area contributed by atoms with Gasteiger partial charge in [-0.1, -0.05) is 12.2 Å². The molecule has 1 aromatic rings. The second-order valence-electron chi connectivity index (χ2n) is 4.19. The first kappa shape index (κ1) is 12.3. The zero-order valence-corrected chi connectivity index (χ0v) is 9.91. The van der Waals surface area contributed by atoms with Crippen molar-refractivity contribution < 1.29 is 14.7 Å². The lowest BCUT2D eigenvalue weighted by Gasteiger charge is -2.23. The molecule has 0 radical (unpaired) electrons. The van der Waals surface area contributed by atoms with Crippen molar-refractivity contribution in [2.45, 2.75) is 12.8 Å². The number of aliphatic carboxylic acids is 1. The molecule has 0 spiro atoms. The van der Waals surface area contributed by atoms with Crippen LogP contribution in [0.2, 0.25) is 0 Å². The molecule has 0 unspecified atom stereocenters. The second kappa shape index (κ2) is 4.99. The number of amides is 1. The molecule has 18 heavy (non-hydrogen) atoms. The van der Waals surface area contributed by atoms with Gasteiger partial charge in [-0.25, -0.2) is 4.68 Å². The molecule has 7 nitrogen and oxygen atoms in total. The zero-order chi connectivity index (χ0) is 13.1. The van der Waals surface area contributed by atoms with Gasteiger partial charge >= 0.3 is 5.97 Å². The van der Waals surface area contributed by atoms with Crippen LogP contribution in [0.4, 0.5) is 5.95 Å². The van der Waals surface area contributed by atoms with Gasteiger partial charge in [-0.15, -0.1) is 0 Å². The number of carbonyl (C=O) groups is 2. The van der Waals surface area contributed by atoms with E-state index in [4.69, 9.17) is 5.11 Å². The van der Waals surface area contributed by atoms with Crippen LogP contribution in [-0.4, -0.2) is 31.7 Å². The first-order valence-electron chi connectivity index (χ1n) is 5.62. The molecule has 2 N–H and O–H groups in total. The Morgan fingerprint density at radius 3 is 2.61 bits per heavy atom. The summed E-state index contributed by atoms with van der Waals surface area (Å²) in [6.07, 6.45) is 5.77. The Hall–Kier alpha value is -2.18. The van der Waals surface area contributed by atoms with E-state index in [1.807, 2.05) is 6.08 Å². The van der Waals surface area contributed by atoms with Crippen molar-refractivity contribution in [3.8, 4) is 0 Å². The van der Waals surface area contributed by atoms with Gasteiger partial charge in [-0.05, 0) is 12.8 Å². The summed E-state index contributed by atoms with van der Waals surface area (Å²) in [5, 5.41) is 15.5. The van der Waals surface area contributed by atoms with Gasteiger partial charge in [0.05, 0.1) is 11.8 Å². The predicted octanol–water partition coefficient (Wildman–Crippen LogP) is 0.421. The van der Waals surface area contributed by atoms with Gasteiger partial charge in [0.1, 0.15) is 6.33 Å². The van der Waals surface area contributed by atoms with Crippen molar-refractivity contribution in [2.24, 2.45) is 18.9 Å². The first-order valence-corrected chi connectivity index (χ1v) is 5.62. The van der Waals surface area contributed by atoms with Crippen LogP contribution in [0.15, 0.2) is 18.5 Å². The van der Waals surface area contributed by atoms with E-state index in [9.17, 15) is 9.59 Å². The summed E-state index contributed by atoms with van der Waals surface area (Å²) in [5.74, 6) is -2.20. The number of carbonyl (C=O) groups excluding carboxylic acids is 1. The molecule has 1 aliphatic rings. The predicted molar refractivity (Wildman–Crippen MR) is 62.6 cm³/mol. The number of hydrogen-bond donors (Lipinski definition) is 2. The third-order valence-corrected chi connectivity index (χ3v) is 3.03. The van der Waals surface area contributed by atoms with Crippen LogP contribution >= 0.6 is 0 Å². The van der Waals surface area contributed by atoms with E-state index in [1.54, 1.807) is 13.1 Å². The van der Waals surface area contributed by atoms with Crippen molar-refractivity contribution in [3.05, 3.63) is 18.5 Å². The number of nitrogens with one attached hydrogen (secondary N) is 1. The molecule has 1 amide bonds. The Kier molecular flexibility index (Phi) is 3.40. The van der Waals surface area contributed by atoms with E-state index in [2.05, 4.69) is 15.4 Å². The SMILES string of the molecule is Cn1ncnc1NC(=O)[C@@H]1CC=CC[C@@H]1C(=O)O. The van der Waals surface area contributed by atoms with Crippen LogP contribution < -0.4 is 5.32 Å². The lowest BCUT2D eigenvalue weighted by atomic mass is 9.82. The minimum Gasteiger partial charge on any atom is -0.481 e. The molecule has 0 saturated heterocycles. The van der Waals surface area contributed by atoms with Gasteiger partial charge in [0.15, 0.2) is 0 Å². The first-order chi connectivity index (χ1) is 8.59. The molecule has 2 rings (SSSR count). The third kappa shape index (κ3) is 2.39. The Bertz CT molecular complexity index is 494. The number of hydrogen-bond acceptors (Lipinski definition) is 4.